The predicted molar refractivity (Wildman–Crippen MR) is 66.1 cm³/mol. The van der Waals surface area contributed by atoms with Crippen LogP contribution in [-0.2, 0) is 9.47 Å². The molecule has 1 spiro atoms. The zero-order chi connectivity index (χ0) is 15.0. The molecule has 2 fully saturated rings. The van der Waals surface area contributed by atoms with Gasteiger partial charge in [0.05, 0.1) is 13.2 Å². The number of carbonyl (C=O) groups excluding carboxylic acids is 1. The van der Waals surface area contributed by atoms with Crippen LogP contribution in [0.25, 0.3) is 0 Å². The predicted octanol–water partition coefficient (Wildman–Crippen LogP) is 2.08. The highest BCUT2D eigenvalue weighted by Crippen LogP contribution is 2.32. The first-order chi connectivity index (χ1) is 10.0. The Balaban J connectivity index is 1.75. The van der Waals surface area contributed by atoms with E-state index in [2.05, 4.69) is 0 Å². The molecule has 2 heterocycles. The van der Waals surface area contributed by atoms with Gasteiger partial charge in [-0.25, -0.2) is 13.2 Å². The lowest BCUT2D eigenvalue weighted by Gasteiger charge is -2.37. The Morgan fingerprint density at radius 3 is 2.10 bits per heavy atom. The summed E-state index contributed by atoms with van der Waals surface area (Å²) in [6.07, 6.45) is 0.895. The Morgan fingerprint density at radius 1 is 1.05 bits per heavy atom. The highest BCUT2D eigenvalue weighted by Gasteiger charge is 2.41. The van der Waals surface area contributed by atoms with Gasteiger partial charge in [-0.2, -0.15) is 0 Å². The van der Waals surface area contributed by atoms with Crippen molar-refractivity contribution in [1.29, 1.82) is 0 Å². The second kappa shape index (κ2) is 5.31. The zero-order valence-electron chi connectivity index (χ0n) is 11.2. The van der Waals surface area contributed by atoms with E-state index in [0.29, 0.717) is 38.2 Å². The molecule has 2 aliphatic heterocycles. The van der Waals surface area contributed by atoms with Crippen molar-refractivity contribution in [3.63, 3.8) is 0 Å². The molecule has 21 heavy (non-hydrogen) atoms. The number of piperidine rings is 1. The van der Waals surface area contributed by atoms with Crippen LogP contribution in [0.4, 0.5) is 13.2 Å². The van der Waals surface area contributed by atoms with E-state index in [4.69, 9.17) is 9.47 Å². The Kier molecular flexibility index (Phi) is 3.62. The van der Waals surface area contributed by atoms with Crippen LogP contribution in [0, 0.1) is 17.5 Å². The number of hydrogen-bond acceptors (Lipinski definition) is 3. The zero-order valence-corrected chi connectivity index (χ0v) is 11.2. The smallest absolute Gasteiger partial charge is 0.259 e. The molecule has 3 rings (SSSR count). The van der Waals surface area contributed by atoms with Crippen molar-refractivity contribution in [2.24, 2.45) is 0 Å². The number of benzene rings is 1. The van der Waals surface area contributed by atoms with Gasteiger partial charge >= 0.3 is 0 Å². The summed E-state index contributed by atoms with van der Waals surface area (Å²) in [5, 5.41) is 0. The van der Waals surface area contributed by atoms with Crippen LogP contribution in [0.2, 0.25) is 0 Å². The van der Waals surface area contributed by atoms with Gasteiger partial charge in [0.1, 0.15) is 23.0 Å². The molecule has 0 atom stereocenters. The molecule has 1 amide bonds. The minimum absolute atomic E-state index is 0.273. The Morgan fingerprint density at radius 2 is 1.57 bits per heavy atom. The third kappa shape index (κ3) is 2.63. The maximum absolute atomic E-state index is 13.6. The van der Waals surface area contributed by atoms with E-state index in [1.165, 1.54) is 4.90 Å². The van der Waals surface area contributed by atoms with Crippen molar-refractivity contribution < 1.29 is 27.4 Å². The van der Waals surface area contributed by atoms with Gasteiger partial charge in [-0.05, 0) is 0 Å². The summed E-state index contributed by atoms with van der Waals surface area (Å²) >= 11 is 0. The second-order valence-corrected chi connectivity index (χ2v) is 5.14. The topological polar surface area (TPSA) is 38.8 Å². The standard InChI is InChI=1S/C14H14F3NO3/c15-9-7-10(16)12(11(17)8-9)13(19)18-3-1-14(2-4-18)20-5-6-21-14/h7-8H,1-6H2. The molecule has 1 aromatic rings. The molecule has 0 saturated carbocycles. The van der Waals surface area contributed by atoms with Gasteiger partial charge in [0.25, 0.3) is 5.91 Å². The van der Waals surface area contributed by atoms with Crippen LogP contribution in [0.3, 0.4) is 0 Å². The lowest BCUT2D eigenvalue weighted by molar-refractivity contribution is -0.181. The van der Waals surface area contributed by atoms with E-state index in [9.17, 15) is 18.0 Å². The quantitative estimate of drug-likeness (QED) is 0.797. The summed E-state index contributed by atoms with van der Waals surface area (Å²) < 4.78 is 51.2. The molecule has 114 valence electrons. The van der Waals surface area contributed by atoms with E-state index < -0.39 is 34.7 Å². The van der Waals surface area contributed by atoms with Crippen molar-refractivity contribution in [3.8, 4) is 0 Å². The van der Waals surface area contributed by atoms with Gasteiger partial charge in [0.2, 0.25) is 0 Å². The molecule has 1 aromatic carbocycles. The van der Waals surface area contributed by atoms with Gasteiger partial charge in [0.15, 0.2) is 5.79 Å². The van der Waals surface area contributed by atoms with Crippen molar-refractivity contribution >= 4 is 5.91 Å². The molecule has 7 heteroatoms. The third-order valence-corrected chi connectivity index (χ3v) is 3.85. The van der Waals surface area contributed by atoms with Gasteiger partial charge < -0.3 is 14.4 Å². The minimum Gasteiger partial charge on any atom is -0.347 e. The van der Waals surface area contributed by atoms with Crippen LogP contribution in [-0.4, -0.2) is 42.9 Å². The molecule has 2 saturated heterocycles. The number of carbonyl (C=O) groups is 1. The molecular formula is C14H14F3NO3. The summed E-state index contributed by atoms with van der Waals surface area (Å²) in [6, 6.07) is 1.01. The van der Waals surface area contributed by atoms with E-state index in [1.54, 1.807) is 0 Å². The first-order valence-corrected chi connectivity index (χ1v) is 6.72. The average Bonchev–Trinajstić information content (AvgIpc) is 2.86. The summed E-state index contributed by atoms with van der Waals surface area (Å²) in [5.74, 6) is -4.88. The summed E-state index contributed by atoms with van der Waals surface area (Å²) in [7, 11) is 0. The van der Waals surface area contributed by atoms with E-state index >= 15 is 0 Å². The number of hydrogen-bond donors (Lipinski definition) is 0. The molecule has 0 bridgehead atoms. The SMILES string of the molecule is O=C(c1c(F)cc(F)cc1F)N1CCC2(CC1)OCCO2. The van der Waals surface area contributed by atoms with Crippen LogP contribution in [0.5, 0.6) is 0 Å². The van der Waals surface area contributed by atoms with Crippen molar-refractivity contribution in [1.82, 2.24) is 4.90 Å². The van der Waals surface area contributed by atoms with Gasteiger partial charge in [-0.1, -0.05) is 0 Å². The number of likely N-dealkylation sites (tertiary alicyclic amines) is 1. The molecule has 0 aromatic heterocycles. The van der Waals surface area contributed by atoms with Crippen LogP contribution < -0.4 is 0 Å². The summed E-state index contributed by atoms with van der Waals surface area (Å²) in [5.41, 5.74) is -0.722. The Labute approximate surface area is 119 Å². The summed E-state index contributed by atoms with van der Waals surface area (Å²) in [6.45, 7) is 1.56. The lowest BCUT2D eigenvalue weighted by atomic mass is 10.0. The van der Waals surface area contributed by atoms with Gasteiger partial charge in [-0.3, -0.25) is 4.79 Å². The molecule has 4 nitrogen and oxygen atoms in total. The lowest BCUT2D eigenvalue weighted by Crippen LogP contribution is -2.47. The van der Waals surface area contributed by atoms with E-state index in [0.717, 1.165) is 0 Å². The fourth-order valence-electron chi connectivity index (χ4n) is 2.74. The number of amides is 1. The van der Waals surface area contributed by atoms with Gasteiger partial charge in [-0.15, -0.1) is 0 Å². The maximum Gasteiger partial charge on any atom is 0.259 e. The number of halogens is 3. The molecule has 2 aliphatic rings. The highest BCUT2D eigenvalue weighted by atomic mass is 19.1. The third-order valence-electron chi connectivity index (χ3n) is 3.85. The number of rotatable bonds is 1. The summed E-state index contributed by atoms with van der Waals surface area (Å²) in [4.78, 5) is 13.5. The Bertz CT molecular complexity index is 540. The van der Waals surface area contributed by atoms with Crippen molar-refractivity contribution in [3.05, 3.63) is 35.1 Å². The molecule has 0 N–H and O–H groups in total. The van der Waals surface area contributed by atoms with Crippen LogP contribution >= 0.6 is 0 Å². The monoisotopic (exact) mass is 301 g/mol. The average molecular weight is 301 g/mol. The molecule has 0 unspecified atom stereocenters. The largest absolute Gasteiger partial charge is 0.347 e. The first kappa shape index (κ1) is 14.3. The van der Waals surface area contributed by atoms with Crippen molar-refractivity contribution in [2.45, 2.75) is 18.6 Å². The fourth-order valence-corrected chi connectivity index (χ4v) is 2.74. The Hall–Kier alpha value is -1.60. The molecular weight excluding hydrogens is 287 g/mol. The van der Waals surface area contributed by atoms with Crippen LogP contribution in [0.15, 0.2) is 12.1 Å². The molecule has 0 radical (unpaired) electrons. The van der Waals surface area contributed by atoms with Crippen LogP contribution in [0.1, 0.15) is 23.2 Å². The highest BCUT2D eigenvalue weighted by molar-refractivity contribution is 5.94. The minimum atomic E-state index is -1.19. The van der Waals surface area contributed by atoms with Crippen molar-refractivity contribution in [2.75, 3.05) is 26.3 Å². The first-order valence-electron chi connectivity index (χ1n) is 6.72. The van der Waals surface area contributed by atoms with Gasteiger partial charge in [0, 0.05) is 38.1 Å². The fraction of sp³-hybridized carbons (Fsp3) is 0.500. The molecule has 0 aliphatic carbocycles. The number of ether oxygens (including phenoxy) is 2. The maximum atomic E-state index is 13.6. The number of nitrogens with zero attached hydrogens (tertiary/aromatic N) is 1. The second-order valence-electron chi connectivity index (χ2n) is 5.14. The normalized spacial score (nSPS) is 21.0. The van der Waals surface area contributed by atoms with E-state index in [1.807, 2.05) is 0 Å². The van der Waals surface area contributed by atoms with E-state index in [-0.39, 0.29) is 13.1 Å².